The van der Waals surface area contributed by atoms with Gasteiger partial charge in [-0.1, -0.05) is 0 Å². The van der Waals surface area contributed by atoms with Crippen LogP contribution in [-0.4, -0.2) is 23.9 Å². The largest absolute Gasteiger partial charge is 0.384 e. The van der Waals surface area contributed by atoms with E-state index in [1.54, 1.807) is 0 Å². The summed E-state index contributed by atoms with van der Waals surface area (Å²) in [5.74, 6) is 0.997. The Morgan fingerprint density at radius 3 is 2.71 bits per heavy atom. The number of pyridine rings is 1. The van der Waals surface area contributed by atoms with E-state index >= 15 is 0 Å². The van der Waals surface area contributed by atoms with Crippen molar-refractivity contribution in [2.75, 3.05) is 18.0 Å². The molecule has 0 aromatic carbocycles. The summed E-state index contributed by atoms with van der Waals surface area (Å²) in [5, 5.41) is 7.69. The lowest BCUT2D eigenvalue weighted by molar-refractivity contribution is 0.834. The van der Waals surface area contributed by atoms with Crippen LogP contribution in [0.15, 0.2) is 6.07 Å². The highest BCUT2D eigenvalue weighted by Crippen LogP contribution is 2.27. The van der Waals surface area contributed by atoms with Gasteiger partial charge in [0.05, 0.1) is 5.56 Å². The highest BCUT2D eigenvalue weighted by atomic mass is 15.2. The highest BCUT2D eigenvalue weighted by molar-refractivity contribution is 5.99. The number of nitrogens with two attached hydrogens (primary N) is 1. The lowest BCUT2D eigenvalue weighted by atomic mass is 10.1. The molecular formula is C13H20N4. The summed E-state index contributed by atoms with van der Waals surface area (Å²) in [7, 11) is 0. The predicted octanol–water partition coefficient (Wildman–Crippen LogP) is 1.70. The van der Waals surface area contributed by atoms with Gasteiger partial charge < -0.3 is 10.6 Å². The first-order valence-corrected chi connectivity index (χ1v) is 6.29. The Morgan fingerprint density at radius 2 is 2.12 bits per heavy atom. The molecule has 0 spiro atoms. The Hall–Kier alpha value is -1.58. The second-order valence-corrected chi connectivity index (χ2v) is 4.40. The van der Waals surface area contributed by atoms with Crippen molar-refractivity contribution in [1.29, 1.82) is 5.41 Å². The molecule has 0 radical (unpaired) electrons. The van der Waals surface area contributed by atoms with Gasteiger partial charge in [-0.05, 0) is 44.7 Å². The quantitative estimate of drug-likeness (QED) is 0.613. The summed E-state index contributed by atoms with van der Waals surface area (Å²) in [6.45, 7) is 5.98. The normalized spacial score (nSPS) is 13.5. The predicted molar refractivity (Wildman–Crippen MR) is 70.8 cm³/mol. The smallest absolute Gasteiger partial charge is 0.139 e. The van der Waals surface area contributed by atoms with Crippen molar-refractivity contribution in [2.45, 2.75) is 33.1 Å². The van der Waals surface area contributed by atoms with Crippen molar-refractivity contribution >= 4 is 11.7 Å². The number of anilines is 1. The van der Waals surface area contributed by atoms with Crippen LogP contribution in [0.25, 0.3) is 0 Å². The van der Waals surface area contributed by atoms with E-state index in [1.165, 1.54) is 17.7 Å². The summed E-state index contributed by atoms with van der Waals surface area (Å²) in [6, 6.07) is 2.06. The molecule has 1 aromatic heterocycles. The number of fused-ring (bicyclic) bond motifs is 1. The number of rotatable bonds is 4. The highest BCUT2D eigenvalue weighted by Gasteiger charge is 2.19. The van der Waals surface area contributed by atoms with Crippen LogP contribution in [0.1, 0.15) is 37.1 Å². The molecule has 0 aliphatic heterocycles. The standard InChI is InChI=1S/C13H20N4/c1-3-17(4-2)13-10(12(14)15)8-9-6-5-7-11(9)16-13/h8H,3-7H2,1-2H3,(H3,14,15). The van der Waals surface area contributed by atoms with Crippen LogP contribution in [0.5, 0.6) is 0 Å². The zero-order chi connectivity index (χ0) is 12.4. The number of nitrogens with zero attached hydrogens (tertiary/aromatic N) is 2. The molecule has 3 N–H and O–H groups in total. The monoisotopic (exact) mass is 232 g/mol. The molecule has 1 heterocycles. The van der Waals surface area contributed by atoms with Gasteiger partial charge in [-0.15, -0.1) is 0 Å². The number of aryl methyl sites for hydroxylation is 2. The average Bonchev–Trinajstić information content (AvgIpc) is 2.76. The maximum atomic E-state index is 7.69. The summed E-state index contributed by atoms with van der Waals surface area (Å²) in [5.41, 5.74) is 8.92. The van der Waals surface area contributed by atoms with E-state index in [-0.39, 0.29) is 5.84 Å². The molecule has 0 unspecified atom stereocenters. The number of nitrogen functional groups attached to an aromatic ring is 1. The molecular weight excluding hydrogens is 212 g/mol. The first kappa shape index (κ1) is 11.9. The van der Waals surface area contributed by atoms with Crippen LogP contribution in [0.3, 0.4) is 0 Å². The molecule has 0 bridgehead atoms. The minimum Gasteiger partial charge on any atom is -0.384 e. The van der Waals surface area contributed by atoms with E-state index in [0.29, 0.717) is 0 Å². The molecule has 0 saturated carbocycles. The van der Waals surface area contributed by atoms with Crippen LogP contribution in [0.4, 0.5) is 5.82 Å². The number of nitrogens with one attached hydrogen (secondary N) is 1. The maximum absolute atomic E-state index is 7.69. The van der Waals surface area contributed by atoms with E-state index in [4.69, 9.17) is 16.1 Å². The van der Waals surface area contributed by atoms with Crippen LogP contribution in [0.2, 0.25) is 0 Å². The third-order valence-electron chi connectivity index (χ3n) is 3.38. The molecule has 92 valence electrons. The van der Waals surface area contributed by atoms with Gasteiger partial charge in [-0.2, -0.15) is 0 Å². The van der Waals surface area contributed by atoms with Gasteiger partial charge in [0.2, 0.25) is 0 Å². The van der Waals surface area contributed by atoms with Gasteiger partial charge in [-0.3, -0.25) is 5.41 Å². The van der Waals surface area contributed by atoms with Gasteiger partial charge in [0.15, 0.2) is 0 Å². The van der Waals surface area contributed by atoms with Gasteiger partial charge in [0, 0.05) is 18.8 Å². The Bertz CT molecular complexity index is 435. The Morgan fingerprint density at radius 1 is 1.41 bits per heavy atom. The van der Waals surface area contributed by atoms with Crippen LogP contribution >= 0.6 is 0 Å². The van der Waals surface area contributed by atoms with Crippen molar-refractivity contribution in [3.8, 4) is 0 Å². The fraction of sp³-hybridized carbons (Fsp3) is 0.538. The van der Waals surface area contributed by atoms with Crippen molar-refractivity contribution < 1.29 is 0 Å². The fourth-order valence-corrected chi connectivity index (χ4v) is 2.42. The first-order chi connectivity index (χ1) is 8.17. The second-order valence-electron chi connectivity index (χ2n) is 4.40. The Kier molecular flexibility index (Phi) is 3.31. The molecule has 4 heteroatoms. The molecule has 1 aromatic rings. The molecule has 2 rings (SSSR count). The lowest BCUT2D eigenvalue weighted by Crippen LogP contribution is -2.27. The molecule has 0 atom stereocenters. The second kappa shape index (κ2) is 4.73. The van der Waals surface area contributed by atoms with Gasteiger partial charge in [0.1, 0.15) is 11.7 Å². The van der Waals surface area contributed by atoms with Gasteiger partial charge in [-0.25, -0.2) is 4.98 Å². The molecule has 0 amide bonds. The zero-order valence-electron chi connectivity index (χ0n) is 10.6. The average molecular weight is 232 g/mol. The van der Waals surface area contributed by atoms with Crippen LogP contribution < -0.4 is 10.6 Å². The molecule has 4 nitrogen and oxygen atoms in total. The van der Waals surface area contributed by atoms with Gasteiger partial charge >= 0.3 is 0 Å². The zero-order valence-corrected chi connectivity index (χ0v) is 10.6. The van der Waals surface area contributed by atoms with Crippen molar-refractivity contribution in [2.24, 2.45) is 5.73 Å². The SMILES string of the molecule is CCN(CC)c1nc2c(cc1C(=N)N)CCC2. The third kappa shape index (κ3) is 2.12. The summed E-state index contributed by atoms with van der Waals surface area (Å²) >= 11 is 0. The number of hydrogen-bond acceptors (Lipinski definition) is 3. The summed E-state index contributed by atoms with van der Waals surface area (Å²) in [6.07, 6.45) is 3.30. The number of hydrogen-bond donors (Lipinski definition) is 2. The molecule has 1 aliphatic rings. The molecule has 17 heavy (non-hydrogen) atoms. The Balaban J connectivity index is 2.51. The fourth-order valence-electron chi connectivity index (χ4n) is 2.42. The van der Waals surface area contributed by atoms with Crippen LogP contribution in [0, 0.1) is 5.41 Å². The Labute approximate surface area is 102 Å². The van der Waals surface area contributed by atoms with Crippen molar-refractivity contribution in [3.63, 3.8) is 0 Å². The van der Waals surface area contributed by atoms with E-state index < -0.39 is 0 Å². The minimum atomic E-state index is 0.120. The number of amidine groups is 1. The molecule has 1 aliphatic carbocycles. The van der Waals surface area contributed by atoms with Crippen molar-refractivity contribution in [3.05, 3.63) is 22.9 Å². The van der Waals surface area contributed by atoms with E-state index in [1.807, 2.05) is 0 Å². The van der Waals surface area contributed by atoms with Gasteiger partial charge in [0.25, 0.3) is 0 Å². The molecule has 0 fully saturated rings. The minimum absolute atomic E-state index is 0.120. The lowest BCUT2D eigenvalue weighted by Gasteiger charge is -2.23. The van der Waals surface area contributed by atoms with Crippen molar-refractivity contribution in [1.82, 2.24) is 4.98 Å². The van der Waals surface area contributed by atoms with E-state index in [2.05, 4.69) is 24.8 Å². The molecule has 0 saturated heterocycles. The maximum Gasteiger partial charge on any atom is 0.139 e. The number of aromatic nitrogens is 1. The van der Waals surface area contributed by atoms with E-state index in [0.717, 1.165) is 37.3 Å². The van der Waals surface area contributed by atoms with Crippen LogP contribution in [-0.2, 0) is 12.8 Å². The topological polar surface area (TPSA) is 66.0 Å². The van der Waals surface area contributed by atoms with E-state index in [9.17, 15) is 0 Å². The first-order valence-electron chi connectivity index (χ1n) is 6.29. The third-order valence-corrected chi connectivity index (χ3v) is 3.38. The summed E-state index contributed by atoms with van der Waals surface area (Å²) in [4.78, 5) is 6.88. The summed E-state index contributed by atoms with van der Waals surface area (Å²) < 4.78 is 0.